The standard InChI is InChI=1S/C11H12BrFN2O2S/c1-2-15(7-3-6-14)18(16,17)11-8-9(12)4-5-10(11)13/h4-5,8H,2-3,7H2,1H3. The van der Waals surface area contributed by atoms with Gasteiger partial charge in [0.1, 0.15) is 10.7 Å². The van der Waals surface area contributed by atoms with E-state index in [1.54, 1.807) is 6.92 Å². The number of nitrogens with zero attached hydrogens (tertiary/aromatic N) is 2. The van der Waals surface area contributed by atoms with Gasteiger partial charge in [0.25, 0.3) is 0 Å². The van der Waals surface area contributed by atoms with E-state index in [9.17, 15) is 12.8 Å². The van der Waals surface area contributed by atoms with Gasteiger partial charge >= 0.3 is 0 Å². The summed E-state index contributed by atoms with van der Waals surface area (Å²) in [6.07, 6.45) is 0.0721. The van der Waals surface area contributed by atoms with Gasteiger partial charge in [0.15, 0.2) is 0 Å². The average molecular weight is 335 g/mol. The summed E-state index contributed by atoms with van der Waals surface area (Å²) >= 11 is 3.11. The number of hydrogen-bond acceptors (Lipinski definition) is 3. The van der Waals surface area contributed by atoms with Gasteiger partial charge in [-0.25, -0.2) is 12.8 Å². The average Bonchev–Trinajstić information content (AvgIpc) is 2.33. The largest absolute Gasteiger partial charge is 0.246 e. The second kappa shape index (κ2) is 6.27. The summed E-state index contributed by atoms with van der Waals surface area (Å²) in [5.41, 5.74) is 0. The van der Waals surface area contributed by atoms with Crippen LogP contribution in [-0.2, 0) is 10.0 Å². The zero-order chi connectivity index (χ0) is 13.8. The molecule has 1 aromatic rings. The molecule has 0 atom stereocenters. The van der Waals surface area contributed by atoms with Crippen LogP contribution in [0.2, 0.25) is 0 Å². The Morgan fingerprint density at radius 1 is 1.50 bits per heavy atom. The third-order valence-corrected chi connectivity index (χ3v) is 4.82. The lowest BCUT2D eigenvalue weighted by Crippen LogP contribution is -2.32. The first-order chi connectivity index (χ1) is 8.43. The van der Waals surface area contributed by atoms with Crippen molar-refractivity contribution in [3.63, 3.8) is 0 Å². The highest BCUT2D eigenvalue weighted by atomic mass is 79.9. The van der Waals surface area contributed by atoms with Crippen molar-refractivity contribution < 1.29 is 12.8 Å². The molecule has 1 aromatic carbocycles. The monoisotopic (exact) mass is 334 g/mol. The van der Waals surface area contributed by atoms with Gasteiger partial charge in [0.2, 0.25) is 10.0 Å². The van der Waals surface area contributed by atoms with E-state index in [1.165, 1.54) is 12.1 Å². The van der Waals surface area contributed by atoms with Crippen LogP contribution in [0.4, 0.5) is 4.39 Å². The minimum Gasteiger partial charge on any atom is -0.207 e. The van der Waals surface area contributed by atoms with Crippen LogP contribution < -0.4 is 0 Å². The molecule has 0 fully saturated rings. The van der Waals surface area contributed by atoms with Crippen LogP contribution in [0.1, 0.15) is 13.3 Å². The van der Waals surface area contributed by atoms with E-state index in [0.717, 1.165) is 10.4 Å². The highest BCUT2D eigenvalue weighted by molar-refractivity contribution is 9.10. The third kappa shape index (κ3) is 3.28. The Morgan fingerprint density at radius 3 is 2.72 bits per heavy atom. The van der Waals surface area contributed by atoms with Crippen LogP contribution in [0.5, 0.6) is 0 Å². The molecule has 0 aliphatic heterocycles. The number of sulfonamides is 1. The van der Waals surface area contributed by atoms with Crippen LogP contribution in [0.3, 0.4) is 0 Å². The number of benzene rings is 1. The molecular formula is C11H12BrFN2O2S. The molecule has 7 heteroatoms. The number of rotatable bonds is 5. The summed E-state index contributed by atoms with van der Waals surface area (Å²) in [4.78, 5) is -0.378. The smallest absolute Gasteiger partial charge is 0.207 e. The maximum atomic E-state index is 13.6. The van der Waals surface area contributed by atoms with Crippen LogP contribution in [-0.4, -0.2) is 25.8 Å². The Morgan fingerprint density at radius 2 is 2.17 bits per heavy atom. The van der Waals surface area contributed by atoms with Gasteiger partial charge in [-0.3, -0.25) is 0 Å². The molecule has 18 heavy (non-hydrogen) atoms. The molecule has 0 aliphatic carbocycles. The Balaban J connectivity index is 3.19. The van der Waals surface area contributed by atoms with Crippen molar-refractivity contribution in [3.8, 4) is 6.07 Å². The van der Waals surface area contributed by atoms with Crippen molar-refractivity contribution in [2.75, 3.05) is 13.1 Å². The van der Waals surface area contributed by atoms with E-state index < -0.39 is 15.8 Å². The summed E-state index contributed by atoms with van der Waals surface area (Å²) in [6.45, 7) is 1.89. The Bertz CT molecular complexity index is 569. The lowest BCUT2D eigenvalue weighted by molar-refractivity contribution is 0.430. The second-order valence-corrected chi connectivity index (χ2v) is 6.30. The fourth-order valence-electron chi connectivity index (χ4n) is 1.44. The number of nitriles is 1. The van der Waals surface area contributed by atoms with Crippen molar-refractivity contribution in [2.24, 2.45) is 0 Å². The molecule has 0 radical (unpaired) electrons. The molecule has 0 aliphatic rings. The molecule has 0 unspecified atom stereocenters. The minimum atomic E-state index is -3.90. The zero-order valence-electron chi connectivity index (χ0n) is 9.73. The quantitative estimate of drug-likeness (QED) is 0.831. The highest BCUT2D eigenvalue weighted by Gasteiger charge is 2.26. The molecule has 4 nitrogen and oxygen atoms in total. The van der Waals surface area contributed by atoms with Crippen molar-refractivity contribution in [3.05, 3.63) is 28.5 Å². The SMILES string of the molecule is CCN(CCC#N)S(=O)(=O)c1cc(Br)ccc1F. The van der Waals surface area contributed by atoms with Crippen molar-refractivity contribution in [2.45, 2.75) is 18.2 Å². The van der Waals surface area contributed by atoms with E-state index in [2.05, 4.69) is 15.9 Å². The second-order valence-electron chi connectivity index (χ2n) is 3.48. The molecule has 0 N–H and O–H groups in total. The zero-order valence-corrected chi connectivity index (χ0v) is 12.1. The van der Waals surface area contributed by atoms with E-state index in [4.69, 9.17) is 5.26 Å². The van der Waals surface area contributed by atoms with Crippen LogP contribution in [0.15, 0.2) is 27.6 Å². The normalized spacial score (nSPS) is 11.5. The summed E-state index contributed by atoms with van der Waals surface area (Å²) in [5.74, 6) is -0.798. The molecule has 0 amide bonds. The molecule has 0 heterocycles. The van der Waals surface area contributed by atoms with Crippen molar-refractivity contribution in [1.29, 1.82) is 5.26 Å². The van der Waals surface area contributed by atoms with Crippen LogP contribution in [0.25, 0.3) is 0 Å². The van der Waals surface area contributed by atoms with Crippen LogP contribution >= 0.6 is 15.9 Å². The van der Waals surface area contributed by atoms with Gasteiger partial charge < -0.3 is 0 Å². The first kappa shape index (κ1) is 15.1. The van der Waals surface area contributed by atoms with Gasteiger partial charge in [0.05, 0.1) is 6.07 Å². The summed E-state index contributed by atoms with van der Waals surface area (Å²) in [6, 6.07) is 5.62. The Kier molecular flexibility index (Phi) is 5.26. The maximum absolute atomic E-state index is 13.6. The molecule has 0 saturated heterocycles. The predicted octanol–water partition coefficient (Wildman–Crippen LogP) is 2.51. The topological polar surface area (TPSA) is 61.2 Å². The van der Waals surface area contributed by atoms with Gasteiger partial charge in [-0.05, 0) is 18.2 Å². The van der Waals surface area contributed by atoms with Gasteiger partial charge in [-0.2, -0.15) is 9.57 Å². The summed E-state index contributed by atoms with van der Waals surface area (Å²) < 4.78 is 39.6. The van der Waals surface area contributed by atoms with E-state index in [-0.39, 0.29) is 24.4 Å². The Labute approximate surface area is 114 Å². The maximum Gasteiger partial charge on any atom is 0.246 e. The third-order valence-electron chi connectivity index (χ3n) is 2.34. The fourth-order valence-corrected chi connectivity index (χ4v) is 3.49. The summed E-state index contributed by atoms with van der Waals surface area (Å²) in [7, 11) is -3.90. The number of halogens is 2. The molecule has 0 spiro atoms. The van der Waals surface area contributed by atoms with E-state index in [0.29, 0.717) is 4.47 Å². The first-order valence-corrected chi connectivity index (χ1v) is 7.49. The lowest BCUT2D eigenvalue weighted by Gasteiger charge is -2.19. The minimum absolute atomic E-state index is 0.0568. The van der Waals surface area contributed by atoms with Gasteiger partial charge in [-0.15, -0.1) is 0 Å². The van der Waals surface area contributed by atoms with E-state index in [1.807, 2.05) is 6.07 Å². The molecular weight excluding hydrogens is 323 g/mol. The lowest BCUT2D eigenvalue weighted by atomic mass is 10.3. The Hall–Kier alpha value is -0.970. The van der Waals surface area contributed by atoms with Crippen LogP contribution in [0, 0.1) is 17.1 Å². The van der Waals surface area contributed by atoms with Crippen molar-refractivity contribution >= 4 is 26.0 Å². The molecule has 0 saturated carbocycles. The fraction of sp³-hybridized carbons (Fsp3) is 0.364. The predicted molar refractivity (Wildman–Crippen MR) is 68.8 cm³/mol. The van der Waals surface area contributed by atoms with Crippen molar-refractivity contribution in [1.82, 2.24) is 4.31 Å². The van der Waals surface area contributed by atoms with Gasteiger partial charge in [0, 0.05) is 24.0 Å². The van der Waals surface area contributed by atoms with Gasteiger partial charge in [-0.1, -0.05) is 22.9 Å². The highest BCUT2D eigenvalue weighted by Crippen LogP contribution is 2.23. The summed E-state index contributed by atoms with van der Waals surface area (Å²) in [5, 5.41) is 8.49. The molecule has 1 rings (SSSR count). The first-order valence-electron chi connectivity index (χ1n) is 5.25. The molecule has 0 bridgehead atoms. The number of hydrogen-bond donors (Lipinski definition) is 0. The molecule has 0 aromatic heterocycles. The van der Waals surface area contributed by atoms with E-state index >= 15 is 0 Å². The molecule has 98 valence electrons.